The van der Waals surface area contributed by atoms with Crippen molar-refractivity contribution in [2.75, 3.05) is 19.7 Å². The zero-order valence-corrected chi connectivity index (χ0v) is 14.2. The third kappa shape index (κ3) is 3.45. The number of urea groups is 1. The second-order valence-electron chi connectivity index (χ2n) is 6.81. The highest BCUT2D eigenvalue weighted by Gasteiger charge is 2.30. The fraction of sp³-hybridized carbons (Fsp3) is 0.400. The number of rotatable bonds is 3. The fourth-order valence-electron chi connectivity index (χ4n) is 3.80. The molecule has 0 unspecified atom stereocenters. The first-order valence-electron chi connectivity index (χ1n) is 8.96. The molecule has 0 spiro atoms. The maximum atomic E-state index is 12.7. The van der Waals surface area contributed by atoms with Gasteiger partial charge in [0.2, 0.25) is 0 Å². The molecule has 130 valence electrons. The largest absolute Gasteiger partial charge is 0.493 e. The second-order valence-corrected chi connectivity index (χ2v) is 6.81. The number of ether oxygens (including phenoxy) is 1. The number of nitrogens with zero attached hydrogens (tertiary/aromatic N) is 2. The summed E-state index contributed by atoms with van der Waals surface area (Å²) in [7, 11) is 0. The maximum Gasteiger partial charge on any atom is 0.317 e. The zero-order valence-electron chi connectivity index (χ0n) is 14.2. The monoisotopic (exact) mass is 337 g/mol. The number of hydrogen-bond acceptors (Lipinski definition) is 3. The van der Waals surface area contributed by atoms with Gasteiger partial charge < -0.3 is 15.0 Å². The molecule has 2 aromatic rings. The molecule has 0 saturated carbocycles. The summed E-state index contributed by atoms with van der Waals surface area (Å²) in [6.07, 6.45) is 6.59. The molecule has 2 aliphatic rings. The van der Waals surface area contributed by atoms with E-state index in [2.05, 4.69) is 16.4 Å². The summed E-state index contributed by atoms with van der Waals surface area (Å²) < 4.78 is 5.81. The summed E-state index contributed by atoms with van der Waals surface area (Å²) >= 11 is 0. The molecule has 3 heterocycles. The number of para-hydroxylation sites is 1. The minimum Gasteiger partial charge on any atom is -0.493 e. The van der Waals surface area contributed by atoms with Crippen molar-refractivity contribution in [3.05, 3.63) is 59.9 Å². The van der Waals surface area contributed by atoms with Crippen molar-refractivity contribution in [2.45, 2.75) is 25.3 Å². The highest BCUT2D eigenvalue weighted by atomic mass is 16.5. The van der Waals surface area contributed by atoms with Gasteiger partial charge in [0.15, 0.2) is 0 Å². The minimum absolute atomic E-state index is 0.0261. The first-order chi connectivity index (χ1) is 12.3. The van der Waals surface area contributed by atoms with E-state index in [0.717, 1.165) is 37.1 Å². The summed E-state index contributed by atoms with van der Waals surface area (Å²) in [5.74, 6) is 1.29. The average molecular weight is 337 g/mol. The Labute approximate surface area is 148 Å². The van der Waals surface area contributed by atoms with E-state index in [1.807, 2.05) is 35.2 Å². The average Bonchev–Trinajstić information content (AvgIpc) is 3.16. The van der Waals surface area contributed by atoms with E-state index in [1.165, 1.54) is 5.56 Å². The third-order valence-corrected chi connectivity index (χ3v) is 5.10. The van der Waals surface area contributed by atoms with Gasteiger partial charge in [-0.05, 0) is 48.6 Å². The summed E-state index contributed by atoms with van der Waals surface area (Å²) in [5.41, 5.74) is 2.39. The summed E-state index contributed by atoms with van der Waals surface area (Å²) in [5, 5.41) is 3.12. The molecule has 4 rings (SSSR count). The molecule has 2 aliphatic heterocycles. The number of carbonyl (C=O) groups is 1. The van der Waals surface area contributed by atoms with Crippen LogP contribution in [0.15, 0.2) is 48.8 Å². The normalized spacial score (nSPS) is 22.2. The first-order valence-corrected chi connectivity index (χ1v) is 8.96. The second kappa shape index (κ2) is 7.13. The molecule has 1 saturated heterocycles. The highest BCUT2D eigenvalue weighted by molar-refractivity contribution is 5.75. The van der Waals surface area contributed by atoms with Gasteiger partial charge in [-0.25, -0.2) is 4.79 Å². The van der Waals surface area contributed by atoms with Gasteiger partial charge in [-0.3, -0.25) is 4.98 Å². The molecular formula is C20H23N3O2. The number of hydrogen-bond donors (Lipinski definition) is 1. The van der Waals surface area contributed by atoms with Crippen LogP contribution in [0, 0.1) is 5.92 Å². The lowest BCUT2D eigenvalue weighted by Crippen LogP contribution is -2.43. The Morgan fingerprint density at radius 1 is 1.24 bits per heavy atom. The van der Waals surface area contributed by atoms with Crippen molar-refractivity contribution >= 4 is 6.03 Å². The number of fused-ring (bicyclic) bond motifs is 1. The van der Waals surface area contributed by atoms with Crippen LogP contribution in [0.5, 0.6) is 5.75 Å². The van der Waals surface area contributed by atoms with Crippen molar-refractivity contribution in [1.29, 1.82) is 0 Å². The number of nitrogens with one attached hydrogen (secondary N) is 1. The van der Waals surface area contributed by atoms with Gasteiger partial charge in [0.1, 0.15) is 5.75 Å². The van der Waals surface area contributed by atoms with Crippen LogP contribution >= 0.6 is 0 Å². The van der Waals surface area contributed by atoms with Crippen LogP contribution in [-0.4, -0.2) is 35.6 Å². The quantitative estimate of drug-likeness (QED) is 0.936. The molecule has 1 N–H and O–H groups in total. The van der Waals surface area contributed by atoms with E-state index in [0.29, 0.717) is 19.1 Å². The molecule has 5 nitrogen and oxygen atoms in total. The van der Waals surface area contributed by atoms with Gasteiger partial charge in [0.05, 0.1) is 12.6 Å². The van der Waals surface area contributed by atoms with Gasteiger partial charge in [-0.15, -0.1) is 0 Å². The minimum atomic E-state index is 0.0261. The molecule has 1 fully saturated rings. The topological polar surface area (TPSA) is 54.5 Å². The van der Waals surface area contributed by atoms with Crippen LogP contribution in [0.3, 0.4) is 0 Å². The lowest BCUT2D eigenvalue weighted by atomic mass is 9.97. The molecule has 0 radical (unpaired) electrons. The number of benzene rings is 1. The Bertz CT molecular complexity index is 735. The van der Waals surface area contributed by atoms with E-state index in [4.69, 9.17) is 4.74 Å². The van der Waals surface area contributed by atoms with E-state index >= 15 is 0 Å². The molecule has 1 aromatic carbocycles. The van der Waals surface area contributed by atoms with Gasteiger partial charge in [-0.1, -0.05) is 18.2 Å². The maximum absolute atomic E-state index is 12.7. The van der Waals surface area contributed by atoms with Crippen LogP contribution < -0.4 is 10.1 Å². The van der Waals surface area contributed by atoms with E-state index in [1.54, 1.807) is 12.4 Å². The fourth-order valence-corrected chi connectivity index (χ4v) is 3.80. The van der Waals surface area contributed by atoms with Crippen LogP contribution in [0.1, 0.15) is 30.0 Å². The number of likely N-dealkylation sites (tertiary alicyclic amines) is 1. The molecule has 1 aromatic heterocycles. The SMILES string of the molecule is O=C(NC[C@H]1COc2ccccc2C1)N1CCC[C@H]1c1ccncc1. The van der Waals surface area contributed by atoms with E-state index in [9.17, 15) is 4.79 Å². The van der Waals surface area contributed by atoms with E-state index in [-0.39, 0.29) is 12.1 Å². The molecule has 2 amide bonds. The zero-order chi connectivity index (χ0) is 17.1. The molecular weight excluding hydrogens is 314 g/mol. The summed E-state index contributed by atoms with van der Waals surface area (Å²) in [6.45, 7) is 2.11. The van der Waals surface area contributed by atoms with Gasteiger partial charge in [-0.2, -0.15) is 0 Å². The Morgan fingerprint density at radius 2 is 2.08 bits per heavy atom. The third-order valence-electron chi connectivity index (χ3n) is 5.10. The first kappa shape index (κ1) is 15.9. The molecule has 0 bridgehead atoms. The Hall–Kier alpha value is -2.56. The molecule has 0 aliphatic carbocycles. The van der Waals surface area contributed by atoms with Gasteiger partial charge in [0.25, 0.3) is 0 Å². The standard InChI is InChI=1S/C20H23N3O2/c24-20(23-11-3-5-18(23)16-7-9-21-10-8-16)22-13-15-12-17-4-1-2-6-19(17)25-14-15/h1-2,4,6-10,15,18H,3,5,11-14H2,(H,22,24)/t15-,18-/m0/s1. The van der Waals surface area contributed by atoms with Crippen LogP contribution in [0.2, 0.25) is 0 Å². The van der Waals surface area contributed by atoms with Crippen molar-refractivity contribution < 1.29 is 9.53 Å². The Balaban J connectivity index is 1.35. The highest BCUT2D eigenvalue weighted by Crippen LogP contribution is 2.31. The van der Waals surface area contributed by atoms with Crippen LogP contribution in [0.4, 0.5) is 4.79 Å². The van der Waals surface area contributed by atoms with E-state index < -0.39 is 0 Å². The van der Waals surface area contributed by atoms with Crippen LogP contribution in [0.25, 0.3) is 0 Å². The summed E-state index contributed by atoms with van der Waals surface area (Å²) in [6, 6.07) is 12.3. The lowest BCUT2D eigenvalue weighted by molar-refractivity contribution is 0.182. The van der Waals surface area contributed by atoms with Crippen molar-refractivity contribution in [3.63, 3.8) is 0 Å². The lowest BCUT2D eigenvalue weighted by Gasteiger charge is -2.28. The predicted molar refractivity (Wildman–Crippen MR) is 95.4 cm³/mol. The van der Waals surface area contributed by atoms with Crippen molar-refractivity contribution in [3.8, 4) is 5.75 Å². The number of carbonyl (C=O) groups excluding carboxylic acids is 1. The predicted octanol–water partition coefficient (Wildman–Crippen LogP) is 3.18. The molecule has 25 heavy (non-hydrogen) atoms. The number of aromatic nitrogens is 1. The van der Waals surface area contributed by atoms with Crippen LogP contribution in [-0.2, 0) is 6.42 Å². The Kier molecular flexibility index (Phi) is 4.55. The molecule has 2 atom stereocenters. The smallest absolute Gasteiger partial charge is 0.317 e. The van der Waals surface area contributed by atoms with Crippen molar-refractivity contribution in [1.82, 2.24) is 15.2 Å². The number of amides is 2. The Morgan fingerprint density at radius 3 is 2.96 bits per heavy atom. The van der Waals surface area contributed by atoms with Gasteiger partial charge in [0, 0.05) is 31.4 Å². The van der Waals surface area contributed by atoms with Crippen molar-refractivity contribution in [2.24, 2.45) is 5.92 Å². The number of pyridine rings is 1. The summed E-state index contributed by atoms with van der Waals surface area (Å²) in [4.78, 5) is 18.7. The van der Waals surface area contributed by atoms with Gasteiger partial charge >= 0.3 is 6.03 Å². The molecule has 5 heteroatoms.